The van der Waals surface area contributed by atoms with Crippen molar-refractivity contribution >= 4 is 18.3 Å². The van der Waals surface area contributed by atoms with Crippen LogP contribution in [0.15, 0.2) is 54.6 Å². The Balaban J connectivity index is 0.00000264. The second kappa shape index (κ2) is 7.99. The lowest BCUT2D eigenvalue weighted by Gasteiger charge is -2.20. The van der Waals surface area contributed by atoms with E-state index in [1.807, 2.05) is 6.07 Å². The molecule has 0 radical (unpaired) electrons. The summed E-state index contributed by atoms with van der Waals surface area (Å²) in [5, 5.41) is 2.71. The minimum Gasteiger partial charge on any atom is -0.344 e. The molecule has 124 valence electrons. The summed E-state index contributed by atoms with van der Waals surface area (Å²) >= 11 is 0. The van der Waals surface area contributed by atoms with Gasteiger partial charge in [-0.1, -0.05) is 42.5 Å². The Labute approximate surface area is 138 Å². The molecule has 0 aliphatic heterocycles. The van der Waals surface area contributed by atoms with Gasteiger partial charge >= 0.3 is 6.18 Å². The number of hydrogen-bond donors (Lipinski definition) is 2. The molecule has 2 rings (SSSR count). The topological polar surface area (TPSA) is 55.1 Å². The minimum absolute atomic E-state index is 0. The lowest BCUT2D eigenvalue weighted by atomic mass is 9.97. The van der Waals surface area contributed by atoms with Crippen LogP contribution in [0.4, 0.5) is 13.2 Å². The Kier molecular flexibility index (Phi) is 6.60. The van der Waals surface area contributed by atoms with Crippen molar-refractivity contribution in [2.24, 2.45) is 5.73 Å². The summed E-state index contributed by atoms with van der Waals surface area (Å²) in [6.45, 7) is -0.191. The molecule has 1 unspecified atom stereocenters. The van der Waals surface area contributed by atoms with E-state index in [2.05, 4.69) is 5.32 Å². The molecule has 1 amide bonds. The Hall–Kier alpha value is -2.05. The molecule has 3 nitrogen and oxygen atoms in total. The molecule has 0 heterocycles. The average molecular weight is 345 g/mol. The molecule has 0 aliphatic rings. The SMILES string of the molecule is Cl.NCC(=O)NC(c1ccccc1)c1ccc(C(F)(F)F)cc1. The molecule has 23 heavy (non-hydrogen) atoms. The molecule has 7 heteroatoms. The summed E-state index contributed by atoms with van der Waals surface area (Å²) < 4.78 is 37.9. The van der Waals surface area contributed by atoms with E-state index in [0.29, 0.717) is 5.56 Å². The first kappa shape index (κ1) is 19.0. The van der Waals surface area contributed by atoms with E-state index in [0.717, 1.165) is 17.7 Å². The summed E-state index contributed by atoms with van der Waals surface area (Å²) in [5.74, 6) is -0.381. The number of alkyl halides is 3. The van der Waals surface area contributed by atoms with E-state index in [1.54, 1.807) is 24.3 Å². The van der Waals surface area contributed by atoms with Crippen LogP contribution in [0.3, 0.4) is 0 Å². The van der Waals surface area contributed by atoms with Crippen molar-refractivity contribution in [3.63, 3.8) is 0 Å². The third-order valence-corrected chi connectivity index (χ3v) is 3.19. The molecular weight excluding hydrogens is 329 g/mol. The van der Waals surface area contributed by atoms with Crippen LogP contribution in [0.25, 0.3) is 0 Å². The average Bonchev–Trinajstić information content (AvgIpc) is 2.52. The molecule has 0 spiro atoms. The number of carbonyl (C=O) groups excluding carboxylic acids is 1. The highest BCUT2D eigenvalue weighted by atomic mass is 35.5. The molecular formula is C16H16ClF3N2O. The van der Waals surface area contributed by atoms with Gasteiger partial charge in [0.25, 0.3) is 0 Å². The number of hydrogen-bond acceptors (Lipinski definition) is 2. The van der Waals surface area contributed by atoms with Gasteiger partial charge in [0.15, 0.2) is 0 Å². The summed E-state index contributed by atoms with van der Waals surface area (Å²) in [6.07, 6.45) is -4.39. The van der Waals surface area contributed by atoms with E-state index in [-0.39, 0.29) is 24.9 Å². The fraction of sp³-hybridized carbons (Fsp3) is 0.188. The Morgan fingerprint density at radius 3 is 2.00 bits per heavy atom. The molecule has 0 aliphatic carbocycles. The van der Waals surface area contributed by atoms with Gasteiger partial charge in [-0.2, -0.15) is 13.2 Å². The number of amides is 1. The highest BCUT2D eigenvalue weighted by molar-refractivity contribution is 5.85. The van der Waals surface area contributed by atoms with Crippen molar-refractivity contribution in [2.45, 2.75) is 12.2 Å². The zero-order valence-corrected chi connectivity index (χ0v) is 12.8. The third-order valence-electron chi connectivity index (χ3n) is 3.19. The van der Waals surface area contributed by atoms with Crippen LogP contribution in [0.2, 0.25) is 0 Å². The zero-order chi connectivity index (χ0) is 16.2. The number of nitrogens with one attached hydrogen (secondary N) is 1. The number of carbonyl (C=O) groups is 1. The molecule has 0 bridgehead atoms. The Bertz CT molecular complexity index is 630. The van der Waals surface area contributed by atoms with Crippen LogP contribution in [0.5, 0.6) is 0 Å². The predicted molar refractivity (Wildman–Crippen MR) is 84.2 cm³/mol. The van der Waals surface area contributed by atoms with E-state index in [9.17, 15) is 18.0 Å². The van der Waals surface area contributed by atoms with Crippen molar-refractivity contribution in [3.8, 4) is 0 Å². The first-order chi connectivity index (χ1) is 10.4. The van der Waals surface area contributed by atoms with E-state index in [4.69, 9.17) is 5.73 Å². The first-order valence-corrected chi connectivity index (χ1v) is 6.63. The second-order valence-corrected chi connectivity index (χ2v) is 4.74. The Morgan fingerprint density at radius 1 is 1.00 bits per heavy atom. The molecule has 1 atom stereocenters. The van der Waals surface area contributed by atoms with Gasteiger partial charge in [0.2, 0.25) is 5.91 Å². The van der Waals surface area contributed by atoms with Crippen molar-refractivity contribution in [3.05, 3.63) is 71.3 Å². The molecule has 2 aromatic carbocycles. The van der Waals surface area contributed by atoms with Gasteiger partial charge in [-0.15, -0.1) is 12.4 Å². The van der Waals surface area contributed by atoms with Gasteiger partial charge in [0.05, 0.1) is 18.2 Å². The monoisotopic (exact) mass is 344 g/mol. The van der Waals surface area contributed by atoms with Crippen LogP contribution in [-0.4, -0.2) is 12.5 Å². The second-order valence-electron chi connectivity index (χ2n) is 4.74. The molecule has 0 aromatic heterocycles. The fourth-order valence-corrected chi connectivity index (χ4v) is 2.09. The van der Waals surface area contributed by atoms with Gasteiger partial charge in [-0.05, 0) is 23.3 Å². The van der Waals surface area contributed by atoms with Gasteiger partial charge in [0, 0.05) is 0 Å². The molecule has 3 N–H and O–H groups in total. The van der Waals surface area contributed by atoms with Crippen molar-refractivity contribution in [1.82, 2.24) is 5.32 Å². The lowest BCUT2D eigenvalue weighted by Crippen LogP contribution is -2.34. The molecule has 0 fully saturated rings. The summed E-state index contributed by atoms with van der Waals surface area (Å²) in [7, 11) is 0. The normalized spacial score (nSPS) is 12.2. The highest BCUT2D eigenvalue weighted by Gasteiger charge is 2.30. The fourth-order valence-electron chi connectivity index (χ4n) is 2.09. The van der Waals surface area contributed by atoms with Crippen LogP contribution in [-0.2, 0) is 11.0 Å². The summed E-state index contributed by atoms with van der Waals surface area (Å²) in [6, 6.07) is 13.2. The lowest BCUT2D eigenvalue weighted by molar-refractivity contribution is -0.137. The van der Waals surface area contributed by atoms with E-state index in [1.165, 1.54) is 12.1 Å². The predicted octanol–water partition coefficient (Wildman–Crippen LogP) is 3.29. The van der Waals surface area contributed by atoms with Gasteiger partial charge in [-0.25, -0.2) is 0 Å². The number of halogens is 4. The van der Waals surface area contributed by atoms with E-state index >= 15 is 0 Å². The van der Waals surface area contributed by atoms with Crippen molar-refractivity contribution in [1.29, 1.82) is 0 Å². The van der Waals surface area contributed by atoms with Gasteiger partial charge < -0.3 is 11.1 Å². The maximum atomic E-state index is 12.6. The molecule has 0 saturated heterocycles. The van der Waals surface area contributed by atoms with Crippen molar-refractivity contribution in [2.75, 3.05) is 6.54 Å². The standard InChI is InChI=1S/C16H15F3N2O.ClH/c17-16(18,19)13-8-6-12(7-9-13)15(21-14(22)10-20)11-4-2-1-3-5-11;/h1-9,15H,10,20H2,(H,21,22);1H. The maximum Gasteiger partial charge on any atom is 0.416 e. The largest absolute Gasteiger partial charge is 0.416 e. The summed E-state index contributed by atoms with van der Waals surface area (Å²) in [4.78, 5) is 11.6. The maximum absolute atomic E-state index is 12.6. The third kappa shape index (κ3) is 4.97. The van der Waals surface area contributed by atoms with Gasteiger partial charge in [0.1, 0.15) is 0 Å². The highest BCUT2D eigenvalue weighted by Crippen LogP contribution is 2.31. The minimum atomic E-state index is -4.39. The quantitative estimate of drug-likeness (QED) is 0.894. The Morgan fingerprint density at radius 2 is 1.52 bits per heavy atom. The smallest absolute Gasteiger partial charge is 0.344 e. The number of nitrogens with two attached hydrogens (primary N) is 1. The van der Waals surface area contributed by atoms with Crippen LogP contribution in [0, 0.1) is 0 Å². The molecule has 0 saturated carbocycles. The first-order valence-electron chi connectivity index (χ1n) is 6.63. The number of benzene rings is 2. The van der Waals surface area contributed by atoms with Crippen LogP contribution < -0.4 is 11.1 Å². The zero-order valence-electron chi connectivity index (χ0n) is 12.0. The summed E-state index contributed by atoms with van der Waals surface area (Å²) in [5.41, 5.74) is 5.89. The van der Waals surface area contributed by atoms with E-state index < -0.39 is 17.8 Å². The number of rotatable bonds is 4. The van der Waals surface area contributed by atoms with Gasteiger partial charge in [-0.3, -0.25) is 4.79 Å². The van der Waals surface area contributed by atoms with Crippen molar-refractivity contribution < 1.29 is 18.0 Å². The molecule has 2 aromatic rings. The van der Waals surface area contributed by atoms with Crippen LogP contribution in [0.1, 0.15) is 22.7 Å². The van der Waals surface area contributed by atoms with Crippen LogP contribution >= 0.6 is 12.4 Å².